The van der Waals surface area contributed by atoms with Crippen LogP contribution in [0.2, 0.25) is 0 Å². The molecule has 1 aliphatic rings. The number of benzene rings is 2. The fourth-order valence-electron chi connectivity index (χ4n) is 3.21. The van der Waals surface area contributed by atoms with Gasteiger partial charge in [0, 0.05) is 39.8 Å². The number of halogens is 2. The van der Waals surface area contributed by atoms with Crippen molar-refractivity contribution in [3.63, 3.8) is 0 Å². The average Bonchev–Trinajstić information content (AvgIpc) is 2.74. The zero-order chi connectivity index (χ0) is 19.8. The first-order chi connectivity index (χ1) is 13.7. The summed E-state index contributed by atoms with van der Waals surface area (Å²) in [7, 11) is 3.48. The summed E-state index contributed by atoms with van der Waals surface area (Å²) in [6.07, 6.45) is 0. The minimum atomic E-state index is 0. The molecule has 1 aliphatic heterocycles. The number of piperazine rings is 1. The lowest BCUT2D eigenvalue weighted by molar-refractivity contribution is -0.131. The van der Waals surface area contributed by atoms with Gasteiger partial charge >= 0.3 is 0 Å². The van der Waals surface area contributed by atoms with Crippen LogP contribution < -0.4 is 14.8 Å². The number of methoxy groups -OCH3 is 1. The van der Waals surface area contributed by atoms with Crippen LogP contribution in [0.5, 0.6) is 11.5 Å². The van der Waals surface area contributed by atoms with E-state index in [4.69, 9.17) is 9.47 Å². The molecule has 30 heavy (non-hydrogen) atoms. The summed E-state index contributed by atoms with van der Waals surface area (Å²) in [5, 5.41) is 3.30. The van der Waals surface area contributed by atoms with Gasteiger partial charge in [0.2, 0.25) is 5.91 Å². The first kappa shape index (κ1) is 26.0. The summed E-state index contributed by atoms with van der Waals surface area (Å²) in [5.74, 6) is 1.51. The molecular weight excluding hydrogens is 425 g/mol. The van der Waals surface area contributed by atoms with E-state index in [0.29, 0.717) is 31.2 Å². The van der Waals surface area contributed by atoms with Crippen molar-refractivity contribution in [2.24, 2.45) is 0 Å². The Hall–Kier alpha value is -1.99. The highest BCUT2D eigenvalue weighted by Crippen LogP contribution is 2.29. The quantitative estimate of drug-likeness (QED) is 0.662. The maximum absolute atomic E-state index is 12.5. The van der Waals surface area contributed by atoms with Crippen molar-refractivity contribution in [1.29, 1.82) is 0 Å². The Morgan fingerprint density at radius 1 is 1.03 bits per heavy atom. The highest BCUT2D eigenvalue weighted by molar-refractivity contribution is 5.85. The van der Waals surface area contributed by atoms with E-state index in [1.165, 1.54) is 0 Å². The summed E-state index contributed by atoms with van der Waals surface area (Å²) >= 11 is 0. The van der Waals surface area contributed by atoms with Crippen LogP contribution in [0, 0.1) is 0 Å². The Morgan fingerprint density at radius 3 is 2.40 bits per heavy atom. The van der Waals surface area contributed by atoms with E-state index in [1.54, 1.807) is 12.0 Å². The predicted octanol–water partition coefficient (Wildman–Crippen LogP) is 2.98. The lowest BCUT2D eigenvalue weighted by Crippen LogP contribution is -2.47. The summed E-state index contributed by atoms with van der Waals surface area (Å²) < 4.78 is 11.4. The van der Waals surface area contributed by atoms with Gasteiger partial charge < -0.3 is 19.7 Å². The molecule has 0 bridgehead atoms. The molecule has 0 aromatic heterocycles. The second-order valence-electron chi connectivity index (χ2n) is 7.04. The molecular formula is C22H31Cl2N3O3. The van der Waals surface area contributed by atoms with Gasteiger partial charge in [-0.2, -0.15) is 0 Å². The minimum absolute atomic E-state index is 0. The molecule has 0 unspecified atom stereocenters. The Bertz CT molecular complexity index is 771. The average molecular weight is 456 g/mol. The third kappa shape index (κ3) is 7.69. The Kier molecular flexibility index (Phi) is 11.6. The molecule has 1 N–H and O–H groups in total. The molecule has 0 atom stereocenters. The monoisotopic (exact) mass is 455 g/mol. The number of nitrogens with zero attached hydrogens (tertiary/aromatic N) is 2. The number of likely N-dealkylation sites (N-methyl/N-ethyl adjacent to an activating group) is 1. The SMILES string of the molecule is COc1cc(CN(C)C(=O)CN2CCNCC2)ccc1OCc1ccccc1.Cl.Cl. The van der Waals surface area contributed by atoms with Gasteiger partial charge in [-0.1, -0.05) is 36.4 Å². The molecule has 166 valence electrons. The summed E-state index contributed by atoms with van der Waals surface area (Å²) in [5.41, 5.74) is 2.12. The molecule has 1 fully saturated rings. The lowest BCUT2D eigenvalue weighted by atomic mass is 10.2. The Labute approximate surface area is 191 Å². The van der Waals surface area contributed by atoms with Crippen molar-refractivity contribution in [1.82, 2.24) is 15.1 Å². The molecule has 0 radical (unpaired) electrons. The Morgan fingerprint density at radius 2 is 1.73 bits per heavy atom. The van der Waals surface area contributed by atoms with Gasteiger partial charge in [0.15, 0.2) is 11.5 Å². The summed E-state index contributed by atoms with van der Waals surface area (Å²) in [6.45, 7) is 5.21. The molecule has 1 saturated heterocycles. The van der Waals surface area contributed by atoms with Crippen LogP contribution in [-0.2, 0) is 17.9 Å². The van der Waals surface area contributed by atoms with Crippen molar-refractivity contribution in [2.75, 3.05) is 46.9 Å². The molecule has 8 heteroatoms. The molecule has 2 aromatic rings. The van der Waals surface area contributed by atoms with Gasteiger partial charge in [-0.05, 0) is 23.3 Å². The van der Waals surface area contributed by atoms with Gasteiger partial charge in [0.05, 0.1) is 13.7 Å². The van der Waals surface area contributed by atoms with Crippen molar-refractivity contribution in [2.45, 2.75) is 13.2 Å². The number of hydrogen-bond acceptors (Lipinski definition) is 5. The van der Waals surface area contributed by atoms with Gasteiger partial charge in [0.1, 0.15) is 6.61 Å². The fourth-order valence-corrected chi connectivity index (χ4v) is 3.21. The second-order valence-corrected chi connectivity index (χ2v) is 7.04. The van der Waals surface area contributed by atoms with E-state index in [2.05, 4.69) is 10.2 Å². The smallest absolute Gasteiger partial charge is 0.236 e. The van der Waals surface area contributed by atoms with Crippen molar-refractivity contribution >= 4 is 30.7 Å². The van der Waals surface area contributed by atoms with E-state index in [0.717, 1.165) is 37.3 Å². The molecule has 1 heterocycles. The number of hydrogen-bond donors (Lipinski definition) is 1. The van der Waals surface area contributed by atoms with Gasteiger partial charge in [-0.3, -0.25) is 9.69 Å². The topological polar surface area (TPSA) is 54.0 Å². The zero-order valence-corrected chi connectivity index (χ0v) is 19.1. The van der Waals surface area contributed by atoms with Gasteiger partial charge in [-0.15, -0.1) is 24.8 Å². The molecule has 3 rings (SSSR count). The minimum Gasteiger partial charge on any atom is -0.493 e. The standard InChI is InChI=1S/C22H29N3O3.2ClH/c1-24(22(26)16-25-12-10-23-11-13-25)15-19-8-9-20(21(14-19)27-2)28-17-18-6-4-3-5-7-18;;/h3-9,14,23H,10-13,15-17H2,1-2H3;2*1H. The van der Waals surface area contributed by atoms with Crippen LogP contribution in [0.25, 0.3) is 0 Å². The third-order valence-electron chi connectivity index (χ3n) is 4.88. The second kappa shape index (κ2) is 13.3. The zero-order valence-electron chi connectivity index (χ0n) is 17.5. The highest BCUT2D eigenvalue weighted by atomic mass is 35.5. The molecule has 2 aromatic carbocycles. The molecule has 0 aliphatic carbocycles. The maximum atomic E-state index is 12.5. The van der Waals surface area contributed by atoms with E-state index >= 15 is 0 Å². The maximum Gasteiger partial charge on any atom is 0.236 e. The first-order valence-electron chi connectivity index (χ1n) is 9.66. The van der Waals surface area contributed by atoms with E-state index in [9.17, 15) is 4.79 Å². The number of carbonyl (C=O) groups excluding carboxylic acids is 1. The number of amides is 1. The van der Waals surface area contributed by atoms with Crippen molar-refractivity contribution < 1.29 is 14.3 Å². The predicted molar refractivity (Wildman–Crippen MR) is 124 cm³/mol. The molecule has 1 amide bonds. The largest absolute Gasteiger partial charge is 0.493 e. The van der Waals surface area contributed by atoms with Gasteiger partial charge in [-0.25, -0.2) is 0 Å². The fraction of sp³-hybridized carbons (Fsp3) is 0.409. The third-order valence-corrected chi connectivity index (χ3v) is 4.88. The molecule has 6 nitrogen and oxygen atoms in total. The number of rotatable bonds is 8. The van der Waals surface area contributed by atoms with Crippen LogP contribution in [0.1, 0.15) is 11.1 Å². The van der Waals surface area contributed by atoms with E-state index in [-0.39, 0.29) is 30.7 Å². The number of nitrogens with one attached hydrogen (secondary N) is 1. The van der Waals surface area contributed by atoms with Crippen LogP contribution in [0.15, 0.2) is 48.5 Å². The summed E-state index contributed by atoms with van der Waals surface area (Å²) in [6, 6.07) is 15.9. The van der Waals surface area contributed by atoms with Gasteiger partial charge in [0.25, 0.3) is 0 Å². The Balaban J connectivity index is 0.00000225. The lowest BCUT2D eigenvalue weighted by Gasteiger charge is -2.28. The van der Waals surface area contributed by atoms with Crippen molar-refractivity contribution in [3.05, 3.63) is 59.7 Å². The van der Waals surface area contributed by atoms with Crippen LogP contribution in [0.4, 0.5) is 0 Å². The normalized spacial score (nSPS) is 13.5. The summed E-state index contributed by atoms with van der Waals surface area (Å²) in [4.78, 5) is 16.5. The number of ether oxygens (including phenoxy) is 2. The van der Waals surface area contributed by atoms with Crippen LogP contribution in [-0.4, -0.2) is 62.6 Å². The molecule has 0 saturated carbocycles. The van der Waals surface area contributed by atoms with Crippen molar-refractivity contribution in [3.8, 4) is 11.5 Å². The van der Waals surface area contributed by atoms with Crippen LogP contribution in [0.3, 0.4) is 0 Å². The van der Waals surface area contributed by atoms with Crippen LogP contribution >= 0.6 is 24.8 Å². The highest BCUT2D eigenvalue weighted by Gasteiger charge is 2.17. The molecule has 0 spiro atoms. The van der Waals surface area contributed by atoms with E-state index in [1.807, 2.05) is 55.6 Å². The number of carbonyl (C=O) groups is 1. The van der Waals surface area contributed by atoms with E-state index < -0.39 is 0 Å². The first-order valence-corrected chi connectivity index (χ1v) is 9.66.